The Morgan fingerprint density at radius 2 is 1.68 bits per heavy atom. The van der Waals surface area contributed by atoms with Crippen molar-refractivity contribution >= 4 is 23.8 Å². The molecule has 0 radical (unpaired) electrons. The van der Waals surface area contributed by atoms with Crippen LogP contribution in [0.2, 0.25) is 0 Å². The van der Waals surface area contributed by atoms with Crippen molar-refractivity contribution in [2.45, 2.75) is 108 Å². The lowest BCUT2D eigenvalue weighted by atomic mass is 9.83. The van der Waals surface area contributed by atoms with Gasteiger partial charge in [-0.25, -0.2) is 9.59 Å². The summed E-state index contributed by atoms with van der Waals surface area (Å²) in [5.41, 5.74) is 0.912. The number of aliphatic hydroxyl groups is 1. The van der Waals surface area contributed by atoms with Gasteiger partial charge in [0, 0.05) is 19.5 Å². The van der Waals surface area contributed by atoms with Crippen LogP contribution in [0.25, 0.3) is 0 Å². The van der Waals surface area contributed by atoms with Crippen LogP contribution in [-0.4, -0.2) is 87.2 Å². The second kappa shape index (κ2) is 14.2. The van der Waals surface area contributed by atoms with Gasteiger partial charge in [-0.05, 0) is 43.1 Å². The summed E-state index contributed by atoms with van der Waals surface area (Å²) in [7, 11) is 0. The maximum absolute atomic E-state index is 13.9. The molecule has 2 heterocycles. The molecule has 1 saturated carbocycles. The second-order valence-corrected chi connectivity index (χ2v) is 12.5. The monoisotopic (exact) mass is 570 g/mol. The first-order chi connectivity index (χ1) is 19.6. The van der Waals surface area contributed by atoms with Gasteiger partial charge >= 0.3 is 12.0 Å². The van der Waals surface area contributed by atoms with Gasteiger partial charge in [0.25, 0.3) is 0 Å². The zero-order valence-electron chi connectivity index (χ0n) is 24.3. The third kappa shape index (κ3) is 7.99. The molecule has 10 heteroatoms. The van der Waals surface area contributed by atoms with Crippen molar-refractivity contribution in [2.75, 3.05) is 13.1 Å². The number of urea groups is 1. The van der Waals surface area contributed by atoms with Gasteiger partial charge in [0.15, 0.2) is 6.10 Å². The third-order valence-electron chi connectivity index (χ3n) is 8.84. The number of nitrogens with zero attached hydrogens (tertiary/aromatic N) is 2. The molecule has 10 nitrogen and oxygen atoms in total. The largest absolute Gasteiger partial charge is 0.479 e. The standard InChI is InChI=1S/C31H46N4O6/c1-20(2)16-25(28(37)32-24(27(36)30(39)40)17-21-10-5-3-6-11-21)33-29(38)26(18-22-12-7-4-8-13-22)35-19-23-14-9-15-34(23)31(35)41/h4,7-8,12-13,20-21,23-27,36H,3,5-6,9-11,14-19H2,1-2H3,(H,32,37)(H,33,38)(H,39,40)/t23-,24?,25?,26?,27?/m0/s1. The molecule has 1 aliphatic carbocycles. The zero-order chi connectivity index (χ0) is 29.5. The first-order valence-corrected chi connectivity index (χ1v) is 15.3. The molecule has 4 amide bonds. The van der Waals surface area contributed by atoms with E-state index in [0.29, 0.717) is 32.4 Å². The summed E-state index contributed by atoms with van der Waals surface area (Å²) in [5, 5.41) is 25.7. The number of hydrogen-bond acceptors (Lipinski definition) is 5. The van der Waals surface area contributed by atoms with Crippen LogP contribution in [0.5, 0.6) is 0 Å². The summed E-state index contributed by atoms with van der Waals surface area (Å²) in [6.07, 6.45) is 6.27. The Kier molecular flexibility index (Phi) is 10.6. The fourth-order valence-corrected chi connectivity index (χ4v) is 6.66. The molecule has 2 saturated heterocycles. The van der Waals surface area contributed by atoms with Crippen molar-refractivity contribution in [1.29, 1.82) is 0 Å². The van der Waals surface area contributed by atoms with Gasteiger partial charge in [-0.3, -0.25) is 9.59 Å². The number of carboxylic acids is 1. The summed E-state index contributed by atoms with van der Waals surface area (Å²) in [6, 6.07) is 6.79. The minimum atomic E-state index is -1.74. The minimum Gasteiger partial charge on any atom is -0.479 e. The number of carboxylic acid groups (broad SMARTS) is 1. The van der Waals surface area contributed by atoms with Crippen molar-refractivity contribution in [3.05, 3.63) is 35.9 Å². The molecule has 3 fully saturated rings. The molecular weight excluding hydrogens is 524 g/mol. The van der Waals surface area contributed by atoms with Gasteiger partial charge in [-0.2, -0.15) is 0 Å². The third-order valence-corrected chi connectivity index (χ3v) is 8.84. The van der Waals surface area contributed by atoms with Crippen LogP contribution in [-0.2, 0) is 20.8 Å². The van der Waals surface area contributed by atoms with Gasteiger partial charge in [-0.1, -0.05) is 76.3 Å². The van der Waals surface area contributed by atoms with E-state index in [2.05, 4.69) is 10.6 Å². The smallest absolute Gasteiger partial charge is 0.334 e. The Hall–Kier alpha value is -3.14. The lowest BCUT2D eigenvalue weighted by molar-refractivity contribution is -0.149. The SMILES string of the molecule is CC(C)CC(NC(=O)C(Cc1ccccc1)N1C[C@@H]2CCCN2C1=O)C(=O)NC(CC1CCCCC1)C(O)C(=O)O. The number of nitrogens with one attached hydrogen (secondary N) is 2. The molecule has 0 aromatic heterocycles. The normalized spacial score (nSPS) is 22.2. The van der Waals surface area contributed by atoms with Crippen LogP contribution in [0.3, 0.4) is 0 Å². The number of benzene rings is 1. The Morgan fingerprint density at radius 3 is 2.32 bits per heavy atom. The topological polar surface area (TPSA) is 139 Å². The molecule has 0 spiro atoms. The van der Waals surface area contributed by atoms with Crippen LogP contribution >= 0.6 is 0 Å². The number of carbonyl (C=O) groups excluding carboxylic acids is 3. The molecule has 0 bridgehead atoms. The van der Waals surface area contributed by atoms with Gasteiger partial charge in [0.1, 0.15) is 12.1 Å². The second-order valence-electron chi connectivity index (χ2n) is 12.5. The van der Waals surface area contributed by atoms with E-state index in [9.17, 15) is 29.4 Å². The van der Waals surface area contributed by atoms with Crippen LogP contribution in [0.4, 0.5) is 4.79 Å². The van der Waals surface area contributed by atoms with Gasteiger partial charge in [0.2, 0.25) is 11.8 Å². The molecule has 41 heavy (non-hydrogen) atoms. The highest BCUT2D eigenvalue weighted by atomic mass is 16.4. The van der Waals surface area contributed by atoms with Crippen LogP contribution in [0, 0.1) is 11.8 Å². The Bertz CT molecular complexity index is 1060. The molecule has 5 atom stereocenters. The summed E-state index contributed by atoms with van der Waals surface area (Å²) >= 11 is 0. The Labute approximate surface area is 242 Å². The number of hydrogen-bond donors (Lipinski definition) is 4. The Morgan fingerprint density at radius 1 is 0.976 bits per heavy atom. The van der Waals surface area contributed by atoms with E-state index in [-0.39, 0.29) is 23.9 Å². The summed E-state index contributed by atoms with van der Waals surface area (Å²) in [5.74, 6) is -2.02. The van der Waals surface area contributed by atoms with Gasteiger partial charge in [0.05, 0.1) is 12.1 Å². The minimum absolute atomic E-state index is 0.0544. The van der Waals surface area contributed by atoms with Crippen molar-refractivity contribution in [3.8, 4) is 0 Å². The molecule has 4 rings (SSSR count). The maximum atomic E-state index is 13.9. The average Bonchev–Trinajstić information content (AvgIpc) is 3.54. The highest BCUT2D eigenvalue weighted by Crippen LogP contribution is 2.30. The predicted molar refractivity (Wildman–Crippen MR) is 154 cm³/mol. The maximum Gasteiger partial charge on any atom is 0.334 e. The first kappa shape index (κ1) is 30.8. The number of rotatable bonds is 13. The van der Waals surface area contributed by atoms with Crippen molar-refractivity contribution in [1.82, 2.24) is 20.4 Å². The number of fused-ring (bicyclic) bond motifs is 1. The molecule has 4 N–H and O–H groups in total. The number of carbonyl (C=O) groups is 4. The van der Waals surface area contributed by atoms with Crippen LogP contribution in [0.1, 0.15) is 77.2 Å². The van der Waals surface area contributed by atoms with Crippen LogP contribution < -0.4 is 10.6 Å². The highest BCUT2D eigenvalue weighted by molar-refractivity contribution is 5.93. The van der Waals surface area contributed by atoms with E-state index >= 15 is 0 Å². The molecule has 4 unspecified atom stereocenters. The summed E-state index contributed by atoms with van der Waals surface area (Å²) in [6.45, 7) is 5.04. The number of aliphatic carboxylic acids is 1. The van der Waals surface area contributed by atoms with E-state index < -0.39 is 42.0 Å². The van der Waals surface area contributed by atoms with E-state index in [1.54, 1.807) is 4.90 Å². The molecule has 3 aliphatic rings. The predicted octanol–water partition coefficient (Wildman–Crippen LogP) is 2.93. The first-order valence-electron chi connectivity index (χ1n) is 15.3. The lowest BCUT2D eigenvalue weighted by Crippen LogP contribution is -2.58. The summed E-state index contributed by atoms with van der Waals surface area (Å²) < 4.78 is 0. The van der Waals surface area contributed by atoms with E-state index in [1.807, 2.05) is 49.1 Å². The lowest BCUT2D eigenvalue weighted by Gasteiger charge is -2.32. The van der Waals surface area contributed by atoms with Gasteiger partial charge in [-0.15, -0.1) is 0 Å². The zero-order valence-corrected chi connectivity index (χ0v) is 24.3. The van der Waals surface area contributed by atoms with Gasteiger partial charge < -0.3 is 30.6 Å². The molecular formula is C31H46N4O6. The molecule has 2 aliphatic heterocycles. The van der Waals surface area contributed by atoms with Crippen LogP contribution in [0.15, 0.2) is 30.3 Å². The number of amides is 4. The molecule has 226 valence electrons. The highest BCUT2D eigenvalue weighted by Gasteiger charge is 2.45. The fraction of sp³-hybridized carbons (Fsp3) is 0.677. The fourth-order valence-electron chi connectivity index (χ4n) is 6.66. The molecule has 1 aromatic carbocycles. The quantitative estimate of drug-likeness (QED) is 0.288. The van der Waals surface area contributed by atoms with E-state index in [0.717, 1.165) is 50.5 Å². The van der Waals surface area contributed by atoms with E-state index in [4.69, 9.17) is 0 Å². The van der Waals surface area contributed by atoms with Crippen molar-refractivity contribution < 1.29 is 29.4 Å². The number of aliphatic hydroxyl groups excluding tert-OH is 1. The van der Waals surface area contributed by atoms with Crippen molar-refractivity contribution in [3.63, 3.8) is 0 Å². The van der Waals surface area contributed by atoms with Crippen molar-refractivity contribution in [2.24, 2.45) is 11.8 Å². The Balaban J connectivity index is 1.51. The van der Waals surface area contributed by atoms with E-state index in [1.165, 1.54) is 0 Å². The average molecular weight is 571 g/mol. The molecule has 1 aromatic rings. The summed E-state index contributed by atoms with van der Waals surface area (Å²) in [4.78, 5) is 56.0.